The van der Waals surface area contributed by atoms with E-state index in [2.05, 4.69) is 14.9 Å². The second-order valence-corrected chi connectivity index (χ2v) is 5.37. The molecule has 0 unspecified atom stereocenters. The molecule has 0 saturated heterocycles. The van der Waals surface area contributed by atoms with Crippen LogP contribution in [-0.2, 0) is 16.6 Å². The van der Waals surface area contributed by atoms with Crippen molar-refractivity contribution in [3.63, 3.8) is 0 Å². The average Bonchev–Trinajstić information content (AvgIpc) is 2.72. The van der Waals surface area contributed by atoms with Crippen molar-refractivity contribution < 1.29 is 13.5 Å². The lowest BCUT2D eigenvalue weighted by Crippen LogP contribution is -2.15. The number of benzene rings is 1. The van der Waals surface area contributed by atoms with Gasteiger partial charge >= 0.3 is 0 Å². The number of rotatable bonds is 4. The number of sulfonamides is 1. The fourth-order valence-electron chi connectivity index (χ4n) is 1.65. The van der Waals surface area contributed by atoms with Gasteiger partial charge in [-0.3, -0.25) is 9.82 Å². The molecule has 7 heteroatoms. The molecule has 3 N–H and O–H groups in total. The summed E-state index contributed by atoms with van der Waals surface area (Å²) in [7, 11) is -3.75. The summed E-state index contributed by atoms with van der Waals surface area (Å²) in [6.07, 6.45) is 0. The molecule has 2 rings (SSSR count). The molecule has 0 bridgehead atoms. The van der Waals surface area contributed by atoms with Gasteiger partial charge in [0.25, 0.3) is 10.0 Å². The monoisotopic (exact) mass is 267 g/mol. The summed E-state index contributed by atoms with van der Waals surface area (Å²) < 4.78 is 26.8. The van der Waals surface area contributed by atoms with E-state index in [1.54, 1.807) is 37.3 Å². The molecule has 0 amide bonds. The molecule has 0 radical (unpaired) electrons. The van der Waals surface area contributed by atoms with Crippen molar-refractivity contribution in [1.29, 1.82) is 0 Å². The van der Waals surface area contributed by atoms with Gasteiger partial charge < -0.3 is 5.11 Å². The number of aliphatic hydroxyl groups excluding tert-OH is 1. The summed E-state index contributed by atoms with van der Waals surface area (Å²) in [5.74, 6) is 0. The predicted octanol–water partition coefficient (Wildman–Crippen LogP) is 1.01. The summed E-state index contributed by atoms with van der Waals surface area (Å²) in [4.78, 5) is -0.00569. The van der Waals surface area contributed by atoms with E-state index in [-0.39, 0.29) is 10.6 Å². The Morgan fingerprint density at radius 3 is 2.61 bits per heavy atom. The molecule has 1 aromatic carbocycles. The normalized spacial score (nSPS) is 11.4. The number of anilines is 1. The van der Waals surface area contributed by atoms with Crippen molar-refractivity contribution in [3.8, 4) is 0 Å². The molecular formula is C11H13N3O3S. The van der Waals surface area contributed by atoms with E-state index in [9.17, 15) is 8.42 Å². The minimum absolute atomic E-state index is 0.00569. The maximum atomic E-state index is 12.2. The van der Waals surface area contributed by atoms with Crippen LogP contribution in [-0.4, -0.2) is 23.7 Å². The number of aromatic nitrogens is 2. The molecule has 0 aliphatic rings. The van der Waals surface area contributed by atoms with Gasteiger partial charge in [0.1, 0.15) is 10.6 Å². The van der Waals surface area contributed by atoms with E-state index in [0.717, 1.165) is 0 Å². The molecule has 0 atom stereocenters. The lowest BCUT2D eigenvalue weighted by atomic mass is 10.3. The maximum Gasteiger partial charge on any atom is 0.265 e. The minimum Gasteiger partial charge on any atom is -0.390 e. The molecule has 96 valence electrons. The zero-order chi connectivity index (χ0) is 13.2. The van der Waals surface area contributed by atoms with E-state index in [1.165, 1.54) is 0 Å². The third-order valence-corrected chi connectivity index (χ3v) is 3.99. The molecule has 1 heterocycles. The summed E-state index contributed by atoms with van der Waals surface area (Å²) in [5, 5.41) is 15.4. The topological polar surface area (TPSA) is 95.1 Å². The van der Waals surface area contributed by atoms with Crippen LogP contribution in [0.15, 0.2) is 35.2 Å². The third kappa shape index (κ3) is 2.36. The van der Waals surface area contributed by atoms with Crippen molar-refractivity contribution in [2.24, 2.45) is 0 Å². The Balaban J connectivity index is 2.40. The van der Waals surface area contributed by atoms with Crippen LogP contribution in [0.2, 0.25) is 0 Å². The van der Waals surface area contributed by atoms with Crippen LogP contribution in [0, 0.1) is 6.92 Å². The van der Waals surface area contributed by atoms with Gasteiger partial charge in [0.15, 0.2) is 0 Å². The van der Waals surface area contributed by atoms with Crippen LogP contribution in [0.4, 0.5) is 5.69 Å². The Kier molecular flexibility index (Phi) is 3.35. The average molecular weight is 267 g/mol. The van der Waals surface area contributed by atoms with Gasteiger partial charge in [-0.2, -0.15) is 5.10 Å². The van der Waals surface area contributed by atoms with Gasteiger partial charge in [-0.25, -0.2) is 8.42 Å². The van der Waals surface area contributed by atoms with Crippen molar-refractivity contribution in [3.05, 3.63) is 41.7 Å². The summed E-state index contributed by atoms with van der Waals surface area (Å²) in [6, 6.07) is 8.54. The fraction of sp³-hybridized carbons (Fsp3) is 0.182. The highest BCUT2D eigenvalue weighted by molar-refractivity contribution is 7.92. The Labute approximate surface area is 105 Å². The molecule has 1 aromatic heterocycles. The van der Waals surface area contributed by atoms with Crippen LogP contribution in [0.25, 0.3) is 0 Å². The van der Waals surface area contributed by atoms with E-state index < -0.39 is 16.6 Å². The summed E-state index contributed by atoms with van der Waals surface area (Å²) in [5.41, 5.74) is 0.959. The van der Waals surface area contributed by atoms with E-state index >= 15 is 0 Å². The lowest BCUT2D eigenvalue weighted by molar-refractivity contribution is 0.273. The van der Waals surface area contributed by atoms with Crippen molar-refractivity contribution in [2.45, 2.75) is 18.4 Å². The number of H-pyrrole nitrogens is 1. The number of nitrogens with zero attached hydrogens (tertiary/aromatic N) is 1. The molecule has 0 fully saturated rings. The van der Waals surface area contributed by atoms with Crippen LogP contribution >= 0.6 is 0 Å². The number of hydrogen-bond donors (Lipinski definition) is 3. The van der Waals surface area contributed by atoms with E-state index in [4.69, 9.17) is 5.11 Å². The first kappa shape index (κ1) is 12.6. The number of hydrogen-bond acceptors (Lipinski definition) is 4. The molecular weight excluding hydrogens is 254 g/mol. The Morgan fingerprint density at radius 1 is 1.33 bits per heavy atom. The predicted molar refractivity (Wildman–Crippen MR) is 66.5 cm³/mol. The zero-order valence-electron chi connectivity index (χ0n) is 9.71. The Bertz CT molecular complexity index is 635. The quantitative estimate of drug-likeness (QED) is 0.770. The van der Waals surface area contributed by atoms with Gasteiger partial charge in [0.2, 0.25) is 0 Å². The highest BCUT2D eigenvalue weighted by Gasteiger charge is 2.23. The molecule has 6 nitrogen and oxygen atoms in total. The van der Waals surface area contributed by atoms with E-state index in [0.29, 0.717) is 11.4 Å². The van der Waals surface area contributed by atoms with Gasteiger partial charge in [0, 0.05) is 5.69 Å². The number of aryl methyl sites for hydroxylation is 1. The van der Waals surface area contributed by atoms with Crippen molar-refractivity contribution in [1.82, 2.24) is 10.2 Å². The molecule has 0 saturated carbocycles. The highest BCUT2D eigenvalue weighted by atomic mass is 32.2. The Hall–Kier alpha value is -1.86. The number of para-hydroxylation sites is 1. The van der Waals surface area contributed by atoms with E-state index in [1.807, 2.05) is 0 Å². The second-order valence-electron chi connectivity index (χ2n) is 3.75. The lowest BCUT2D eigenvalue weighted by Gasteiger charge is -2.08. The SMILES string of the molecule is Cc1[nH]nc(CO)c1S(=O)(=O)Nc1ccccc1. The standard InChI is InChI=1S/C11H13N3O3S/c1-8-11(10(7-15)13-12-8)18(16,17)14-9-5-3-2-4-6-9/h2-6,14-15H,7H2,1H3,(H,12,13). The van der Waals surface area contributed by atoms with Crippen molar-refractivity contribution >= 4 is 15.7 Å². The number of aliphatic hydroxyl groups is 1. The molecule has 0 aliphatic carbocycles. The van der Waals surface area contributed by atoms with Crippen LogP contribution in [0.1, 0.15) is 11.4 Å². The van der Waals surface area contributed by atoms with Gasteiger partial charge in [0.05, 0.1) is 12.3 Å². The van der Waals surface area contributed by atoms with Crippen LogP contribution in [0.5, 0.6) is 0 Å². The maximum absolute atomic E-state index is 12.2. The first-order chi connectivity index (χ1) is 8.54. The molecule has 0 spiro atoms. The zero-order valence-corrected chi connectivity index (χ0v) is 10.5. The number of nitrogens with one attached hydrogen (secondary N) is 2. The first-order valence-electron chi connectivity index (χ1n) is 5.27. The summed E-state index contributed by atoms with van der Waals surface area (Å²) >= 11 is 0. The minimum atomic E-state index is -3.75. The van der Waals surface area contributed by atoms with Gasteiger partial charge in [-0.1, -0.05) is 18.2 Å². The third-order valence-electron chi connectivity index (χ3n) is 2.41. The smallest absolute Gasteiger partial charge is 0.265 e. The largest absolute Gasteiger partial charge is 0.390 e. The summed E-state index contributed by atoms with van der Waals surface area (Å²) in [6.45, 7) is 1.15. The molecule has 2 aromatic rings. The molecule has 0 aliphatic heterocycles. The number of aromatic amines is 1. The molecule has 18 heavy (non-hydrogen) atoms. The highest BCUT2D eigenvalue weighted by Crippen LogP contribution is 2.21. The van der Waals surface area contributed by atoms with Gasteiger partial charge in [-0.05, 0) is 19.1 Å². The van der Waals surface area contributed by atoms with Gasteiger partial charge in [-0.15, -0.1) is 0 Å². The second kappa shape index (κ2) is 4.79. The van der Waals surface area contributed by atoms with Crippen LogP contribution in [0.3, 0.4) is 0 Å². The van der Waals surface area contributed by atoms with Crippen LogP contribution < -0.4 is 4.72 Å². The Morgan fingerprint density at radius 2 is 2.00 bits per heavy atom. The van der Waals surface area contributed by atoms with Crippen molar-refractivity contribution in [2.75, 3.05) is 4.72 Å². The first-order valence-corrected chi connectivity index (χ1v) is 6.75. The fourth-order valence-corrected chi connectivity index (χ4v) is 3.06.